The Kier molecular flexibility index (Phi) is 11.7. The maximum absolute atomic E-state index is 13.2. The van der Waals surface area contributed by atoms with E-state index < -0.39 is 38.3 Å². The molecular formula is C31H48N4O6S. The van der Waals surface area contributed by atoms with Crippen molar-refractivity contribution >= 4 is 22.0 Å². The fraction of sp³-hybridized carbons (Fsp3) is 0.613. The van der Waals surface area contributed by atoms with Crippen LogP contribution < -0.4 is 10.5 Å². The average Bonchev–Trinajstić information content (AvgIpc) is 3.41. The molecule has 10 nitrogen and oxygen atoms in total. The molecule has 2 rings (SSSR count). The second kappa shape index (κ2) is 13.9. The number of carbonyl (C=O) groups is 2. The Morgan fingerprint density at radius 2 is 1.74 bits per heavy atom. The number of ether oxygens (including phenoxy) is 3. The molecule has 0 bridgehead atoms. The average molecular weight is 605 g/mol. The van der Waals surface area contributed by atoms with E-state index in [-0.39, 0.29) is 25.8 Å². The predicted molar refractivity (Wildman–Crippen MR) is 166 cm³/mol. The van der Waals surface area contributed by atoms with E-state index in [1.807, 2.05) is 53.7 Å². The fourth-order valence-electron chi connectivity index (χ4n) is 4.32. The minimum Gasteiger partial charge on any atom is -0.487 e. The van der Waals surface area contributed by atoms with Crippen molar-refractivity contribution in [3.05, 3.63) is 41.2 Å². The van der Waals surface area contributed by atoms with Crippen LogP contribution in [0.3, 0.4) is 0 Å². The van der Waals surface area contributed by atoms with Gasteiger partial charge in [0.2, 0.25) is 0 Å². The lowest BCUT2D eigenvalue weighted by Gasteiger charge is -2.44. The molecule has 0 aliphatic heterocycles. The van der Waals surface area contributed by atoms with Gasteiger partial charge in [0, 0.05) is 6.54 Å². The quantitative estimate of drug-likeness (QED) is 0.257. The Morgan fingerprint density at radius 1 is 1.10 bits per heavy atom. The summed E-state index contributed by atoms with van der Waals surface area (Å²) in [6.07, 6.45) is 8.27. The summed E-state index contributed by atoms with van der Waals surface area (Å²) >= 11 is 0. The molecule has 1 atom stereocenters. The van der Waals surface area contributed by atoms with Gasteiger partial charge < -0.3 is 25.1 Å². The van der Waals surface area contributed by atoms with Gasteiger partial charge in [-0.25, -0.2) is 4.68 Å². The van der Waals surface area contributed by atoms with E-state index >= 15 is 0 Å². The molecule has 0 saturated heterocycles. The number of carbonyl (C=O) groups excluding carboxylic acids is 2. The van der Waals surface area contributed by atoms with Crippen LogP contribution in [0.25, 0.3) is 0 Å². The van der Waals surface area contributed by atoms with Crippen molar-refractivity contribution in [2.75, 3.05) is 32.5 Å². The number of benzene rings is 1. The molecule has 234 valence electrons. The number of methoxy groups -OCH3 is 1. The molecule has 0 spiro atoms. The molecule has 0 aliphatic rings. The van der Waals surface area contributed by atoms with Crippen LogP contribution in [-0.4, -0.2) is 64.5 Å². The van der Waals surface area contributed by atoms with Gasteiger partial charge in [0.25, 0.3) is 0 Å². The summed E-state index contributed by atoms with van der Waals surface area (Å²) in [7, 11) is 0.334. The third kappa shape index (κ3) is 8.96. The summed E-state index contributed by atoms with van der Waals surface area (Å²) in [6, 6.07) is 5.38. The third-order valence-electron chi connectivity index (χ3n) is 7.87. The first-order valence-corrected chi connectivity index (χ1v) is 16.6. The van der Waals surface area contributed by atoms with Crippen molar-refractivity contribution in [3.8, 4) is 16.9 Å². The number of hydrogen-bond acceptors (Lipinski definition) is 9. The van der Waals surface area contributed by atoms with Crippen molar-refractivity contribution < 1.29 is 28.9 Å². The number of rotatable bonds is 13. The number of aromatic nitrogens is 3. The number of aliphatic hydroxyl groups excluding tert-OH is 1. The van der Waals surface area contributed by atoms with Gasteiger partial charge in [-0.2, -0.15) is 10.0 Å². The van der Waals surface area contributed by atoms with Crippen LogP contribution in [0.5, 0.6) is 5.75 Å². The van der Waals surface area contributed by atoms with Crippen molar-refractivity contribution in [1.82, 2.24) is 15.0 Å². The first-order valence-electron chi connectivity index (χ1n) is 13.8. The Balaban J connectivity index is 2.24. The minimum absolute atomic E-state index is 0.0240. The van der Waals surface area contributed by atoms with Crippen LogP contribution >= 0.6 is 10.0 Å². The number of esters is 2. The van der Waals surface area contributed by atoms with E-state index in [1.54, 1.807) is 16.9 Å². The van der Waals surface area contributed by atoms with Crippen molar-refractivity contribution in [3.63, 3.8) is 0 Å². The van der Waals surface area contributed by atoms with Crippen LogP contribution in [0.4, 0.5) is 0 Å². The molecule has 2 aromatic rings. The van der Waals surface area contributed by atoms with Crippen LogP contribution in [0.1, 0.15) is 64.8 Å². The first kappa shape index (κ1) is 35.1. The van der Waals surface area contributed by atoms with Gasteiger partial charge in [-0.1, -0.05) is 36.3 Å². The molecule has 0 saturated carbocycles. The summed E-state index contributed by atoms with van der Waals surface area (Å²) < 4.78 is 18.3. The SMILES string of the molecule is COC(=O)C(CC(C)(C)C(C)(C)C(=O)OCC#CS(C)(C)C)C(C)(C)n1cc(COc2cc(CN)cc(CO)c2)nn1. The van der Waals surface area contributed by atoms with Crippen LogP contribution in [-0.2, 0) is 44.4 Å². The zero-order chi connectivity index (χ0) is 31.9. The lowest BCUT2D eigenvalue weighted by Crippen LogP contribution is -2.48. The van der Waals surface area contributed by atoms with Gasteiger partial charge in [0.15, 0.2) is 6.61 Å². The summed E-state index contributed by atoms with van der Waals surface area (Å²) in [5.41, 5.74) is 5.39. The maximum Gasteiger partial charge on any atom is 0.313 e. The topological polar surface area (TPSA) is 139 Å². The van der Waals surface area contributed by atoms with E-state index in [4.69, 9.17) is 19.9 Å². The molecule has 0 fully saturated rings. The summed E-state index contributed by atoms with van der Waals surface area (Å²) in [6.45, 7) is 11.7. The van der Waals surface area contributed by atoms with Crippen molar-refractivity contribution in [2.24, 2.45) is 22.5 Å². The monoisotopic (exact) mass is 604 g/mol. The molecule has 0 aliphatic carbocycles. The highest BCUT2D eigenvalue weighted by Crippen LogP contribution is 2.47. The fourth-order valence-corrected chi connectivity index (χ4v) is 4.81. The minimum atomic E-state index is -1.02. The summed E-state index contributed by atoms with van der Waals surface area (Å²) in [5.74, 6) is 2.05. The second-order valence-electron chi connectivity index (χ2n) is 12.9. The number of aliphatic hydroxyl groups is 1. The van der Waals surface area contributed by atoms with Crippen LogP contribution in [0.2, 0.25) is 0 Å². The van der Waals surface area contributed by atoms with Gasteiger partial charge in [-0.15, -0.1) is 5.10 Å². The van der Waals surface area contributed by atoms with Gasteiger partial charge in [0.1, 0.15) is 18.1 Å². The zero-order valence-electron chi connectivity index (χ0n) is 26.7. The predicted octanol–water partition coefficient (Wildman–Crippen LogP) is 3.97. The van der Waals surface area contributed by atoms with Gasteiger partial charge >= 0.3 is 11.9 Å². The number of nitrogens with zero attached hydrogens (tertiary/aromatic N) is 3. The Bertz CT molecular complexity index is 1280. The van der Waals surface area contributed by atoms with Crippen LogP contribution in [0, 0.1) is 27.9 Å². The van der Waals surface area contributed by atoms with E-state index in [0.29, 0.717) is 30.0 Å². The molecule has 0 amide bonds. The molecule has 1 aromatic heterocycles. The third-order valence-corrected chi connectivity index (χ3v) is 8.63. The summed E-state index contributed by atoms with van der Waals surface area (Å²) in [5, 5.41) is 21.2. The second-order valence-corrected chi connectivity index (χ2v) is 16.8. The maximum atomic E-state index is 13.2. The number of hydrogen-bond donors (Lipinski definition) is 2. The zero-order valence-corrected chi connectivity index (χ0v) is 27.6. The lowest BCUT2D eigenvalue weighted by atomic mass is 9.62. The normalized spacial score (nSPS) is 13.5. The lowest BCUT2D eigenvalue weighted by molar-refractivity contribution is -0.164. The molecular weight excluding hydrogens is 556 g/mol. The van der Waals surface area contributed by atoms with Crippen LogP contribution in [0.15, 0.2) is 24.4 Å². The Labute approximate surface area is 252 Å². The van der Waals surface area contributed by atoms with Gasteiger partial charge in [0.05, 0.1) is 36.8 Å². The highest BCUT2D eigenvalue weighted by molar-refractivity contribution is 8.35. The summed E-state index contributed by atoms with van der Waals surface area (Å²) in [4.78, 5) is 26.4. The van der Waals surface area contributed by atoms with Crippen molar-refractivity contribution in [1.29, 1.82) is 0 Å². The smallest absolute Gasteiger partial charge is 0.313 e. The highest BCUT2D eigenvalue weighted by atomic mass is 32.3. The largest absolute Gasteiger partial charge is 0.487 e. The molecule has 42 heavy (non-hydrogen) atoms. The van der Waals surface area contributed by atoms with Gasteiger partial charge in [-0.05, 0) is 81.6 Å². The van der Waals surface area contributed by atoms with Crippen molar-refractivity contribution in [2.45, 2.75) is 73.3 Å². The molecule has 1 aromatic carbocycles. The van der Waals surface area contributed by atoms with E-state index in [2.05, 4.69) is 40.3 Å². The highest BCUT2D eigenvalue weighted by Gasteiger charge is 2.50. The molecule has 3 N–H and O–H groups in total. The molecule has 11 heteroatoms. The molecule has 1 heterocycles. The number of nitrogens with two attached hydrogens (primary N) is 1. The van der Waals surface area contributed by atoms with E-state index in [9.17, 15) is 14.7 Å². The molecule has 0 radical (unpaired) electrons. The molecule has 1 unspecified atom stereocenters. The Hall–Kier alpha value is -3.07. The van der Waals surface area contributed by atoms with E-state index in [1.165, 1.54) is 7.11 Å². The van der Waals surface area contributed by atoms with E-state index in [0.717, 1.165) is 5.56 Å². The first-order chi connectivity index (χ1) is 19.4. The van der Waals surface area contributed by atoms with Gasteiger partial charge in [-0.3, -0.25) is 9.59 Å². The Morgan fingerprint density at radius 3 is 2.31 bits per heavy atom. The standard InChI is InChI=1S/C31H48N4O6S/c1-29(2,30(3,4)28(38)40-12-11-13-42(8,9)10)17-26(27(37)39-7)31(5,6)35-19-24(33-34-35)21-41-25-15-22(18-32)14-23(16-25)20-36/h14-16,19,26,36H,12,17-18,20-21,32H2,1-10H3.